The lowest BCUT2D eigenvalue weighted by Crippen LogP contribution is -2.26. The van der Waals surface area contributed by atoms with Gasteiger partial charge in [-0.25, -0.2) is 4.79 Å². The minimum absolute atomic E-state index is 0.273. The second-order valence-corrected chi connectivity index (χ2v) is 11.0. The first-order valence-corrected chi connectivity index (χ1v) is 12.9. The van der Waals surface area contributed by atoms with Gasteiger partial charge in [-0.1, -0.05) is 48.5 Å². The van der Waals surface area contributed by atoms with Crippen LogP contribution in [0.15, 0.2) is 112 Å². The zero-order valence-electron chi connectivity index (χ0n) is 20.9. The van der Waals surface area contributed by atoms with Crippen molar-refractivity contribution >= 4 is 16.9 Å². The summed E-state index contributed by atoms with van der Waals surface area (Å²) in [5, 5.41) is 0. The number of rotatable bonds is 7. The molecule has 0 aliphatic rings. The third-order valence-electron chi connectivity index (χ3n) is 6.04. The van der Waals surface area contributed by atoms with Gasteiger partial charge in [0.2, 0.25) is 0 Å². The molecule has 4 aromatic carbocycles. The summed E-state index contributed by atoms with van der Waals surface area (Å²) in [6.07, 6.45) is 0. The summed E-state index contributed by atoms with van der Waals surface area (Å²) in [7, 11) is 1.36. The Kier molecular flexibility index (Phi) is 7.32. The number of carbonyl (C=O) groups is 1. The van der Waals surface area contributed by atoms with Crippen molar-refractivity contribution in [2.45, 2.75) is 48.0 Å². The number of hydrogen-bond donors (Lipinski definition) is 0. The van der Waals surface area contributed by atoms with E-state index in [1.807, 2.05) is 64.1 Å². The average Bonchev–Trinajstić information content (AvgIpc) is 2.85. The molecule has 0 aliphatic heterocycles. The summed E-state index contributed by atoms with van der Waals surface area (Å²) in [5.41, 5.74) is 2.59. The fraction of sp³-hybridized carbons (Fsp3) is 0.194. The van der Waals surface area contributed by atoms with E-state index in [9.17, 15) is 4.79 Å². The first-order chi connectivity index (χ1) is 16.8. The molecule has 0 spiro atoms. The summed E-state index contributed by atoms with van der Waals surface area (Å²) in [4.78, 5) is 17.0. The monoisotopic (exact) mass is 483 g/mol. The lowest BCUT2D eigenvalue weighted by atomic mass is 9.97. The Morgan fingerprint density at radius 2 is 1.20 bits per heavy atom. The van der Waals surface area contributed by atoms with E-state index >= 15 is 0 Å². The van der Waals surface area contributed by atoms with Crippen LogP contribution in [0, 0.1) is 13.8 Å². The average molecular weight is 484 g/mol. The molecule has 4 rings (SSSR count). The molecule has 0 heterocycles. The van der Waals surface area contributed by atoms with Crippen LogP contribution in [0.25, 0.3) is 0 Å². The topological polar surface area (TPSA) is 35.5 Å². The van der Waals surface area contributed by atoms with Crippen molar-refractivity contribution in [2.24, 2.45) is 0 Å². The molecule has 0 bridgehead atoms. The fourth-order valence-electron chi connectivity index (χ4n) is 4.22. The molecule has 0 amide bonds. The van der Waals surface area contributed by atoms with Crippen molar-refractivity contribution < 1.29 is 14.3 Å². The van der Waals surface area contributed by atoms with Gasteiger partial charge < -0.3 is 9.47 Å². The second-order valence-electron chi connectivity index (χ2n) is 8.99. The van der Waals surface area contributed by atoms with Crippen molar-refractivity contribution in [1.82, 2.24) is 0 Å². The van der Waals surface area contributed by atoms with Crippen LogP contribution < -0.4 is 4.74 Å². The molecule has 178 valence electrons. The Morgan fingerprint density at radius 1 is 0.714 bits per heavy atom. The van der Waals surface area contributed by atoms with Gasteiger partial charge in [-0.3, -0.25) is 0 Å². The Hall–Kier alpha value is -3.50. The zero-order chi connectivity index (χ0) is 25.0. The minimum atomic E-state index is -0.779. The first-order valence-electron chi connectivity index (χ1n) is 11.6. The van der Waals surface area contributed by atoms with Gasteiger partial charge in [0, 0.05) is 0 Å². The fourth-order valence-corrected chi connectivity index (χ4v) is 6.48. The van der Waals surface area contributed by atoms with Gasteiger partial charge in [0.25, 0.3) is 0 Å². The molecular formula is C31H31O3S+. The van der Waals surface area contributed by atoms with Gasteiger partial charge in [-0.2, -0.15) is 0 Å². The smallest absolute Gasteiger partial charge is 0.339 e. The molecular weight excluding hydrogens is 452 g/mol. The molecule has 0 saturated carbocycles. The van der Waals surface area contributed by atoms with Crippen LogP contribution in [0.5, 0.6) is 5.75 Å². The summed E-state index contributed by atoms with van der Waals surface area (Å²) < 4.78 is 11.3. The van der Waals surface area contributed by atoms with Crippen LogP contribution in [0.3, 0.4) is 0 Å². The molecule has 0 aliphatic carbocycles. The zero-order valence-corrected chi connectivity index (χ0v) is 21.7. The van der Waals surface area contributed by atoms with Crippen LogP contribution in [0.1, 0.15) is 40.9 Å². The third-order valence-corrected chi connectivity index (χ3v) is 8.23. The Bertz CT molecular complexity index is 1230. The summed E-state index contributed by atoms with van der Waals surface area (Å²) in [6, 6.07) is 32.9. The van der Waals surface area contributed by atoms with E-state index in [1.54, 1.807) is 7.11 Å². The van der Waals surface area contributed by atoms with Crippen molar-refractivity contribution in [3.8, 4) is 5.75 Å². The maximum Gasteiger partial charge on any atom is 0.339 e. The van der Waals surface area contributed by atoms with E-state index < -0.39 is 5.60 Å². The highest BCUT2D eigenvalue weighted by molar-refractivity contribution is 7.97. The van der Waals surface area contributed by atoms with Crippen LogP contribution in [0.4, 0.5) is 0 Å². The van der Waals surface area contributed by atoms with Gasteiger partial charge >= 0.3 is 5.97 Å². The largest absolute Gasteiger partial charge is 0.497 e. The highest BCUT2D eigenvalue weighted by Crippen LogP contribution is 2.34. The lowest BCUT2D eigenvalue weighted by Gasteiger charge is -2.26. The number of benzene rings is 4. The number of carbonyl (C=O) groups excluding carboxylic acids is 1. The van der Waals surface area contributed by atoms with Gasteiger partial charge in [-0.15, -0.1) is 0 Å². The van der Waals surface area contributed by atoms with E-state index in [2.05, 4.69) is 60.7 Å². The molecule has 0 atom stereocenters. The second kappa shape index (κ2) is 10.4. The van der Waals surface area contributed by atoms with Gasteiger partial charge in [-0.05, 0) is 92.9 Å². The maximum absolute atomic E-state index is 13.4. The molecule has 0 radical (unpaired) electrons. The Morgan fingerprint density at radius 3 is 1.66 bits per heavy atom. The molecule has 3 nitrogen and oxygen atoms in total. The van der Waals surface area contributed by atoms with E-state index in [0.717, 1.165) is 22.4 Å². The quantitative estimate of drug-likeness (QED) is 0.202. The highest BCUT2D eigenvalue weighted by atomic mass is 32.2. The first kappa shape index (κ1) is 24.6. The number of hydrogen-bond acceptors (Lipinski definition) is 3. The van der Waals surface area contributed by atoms with Crippen LogP contribution in [-0.2, 0) is 21.2 Å². The van der Waals surface area contributed by atoms with Crippen LogP contribution in [-0.4, -0.2) is 13.1 Å². The lowest BCUT2D eigenvalue weighted by molar-refractivity contribution is -0.00329. The van der Waals surface area contributed by atoms with E-state index in [-0.39, 0.29) is 16.9 Å². The molecule has 4 aromatic rings. The number of methoxy groups -OCH3 is 1. The maximum atomic E-state index is 13.4. The molecule has 0 aromatic heterocycles. The SMILES string of the molecule is COc1ccc(C(C)(C)OC(=O)c2c(C)cc([S+](c3ccccc3)c3ccccc3)cc2C)cc1. The standard InChI is InChI=1S/C31H31O3S/c1-22-20-28(35(26-12-8-6-9-13-26)27-14-10-7-11-15-27)21-23(2)29(22)30(32)34-31(3,4)24-16-18-25(33-5)19-17-24/h6-21H,1-5H3/q+1. The summed E-state index contributed by atoms with van der Waals surface area (Å²) in [5.74, 6) is 0.456. The van der Waals surface area contributed by atoms with Crippen molar-refractivity contribution in [2.75, 3.05) is 7.11 Å². The predicted octanol–water partition coefficient (Wildman–Crippen LogP) is 7.50. The van der Waals surface area contributed by atoms with Crippen molar-refractivity contribution in [3.63, 3.8) is 0 Å². The van der Waals surface area contributed by atoms with E-state index in [1.165, 1.54) is 14.7 Å². The van der Waals surface area contributed by atoms with Crippen molar-refractivity contribution in [1.29, 1.82) is 0 Å². The summed E-state index contributed by atoms with van der Waals surface area (Å²) in [6.45, 7) is 7.80. The van der Waals surface area contributed by atoms with Gasteiger partial charge in [0.05, 0.1) is 23.6 Å². The molecule has 0 fully saturated rings. The predicted molar refractivity (Wildman–Crippen MR) is 142 cm³/mol. The highest BCUT2D eigenvalue weighted by Gasteiger charge is 2.32. The Balaban J connectivity index is 1.67. The number of aryl methyl sites for hydroxylation is 2. The normalized spacial score (nSPS) is 11.4. The van der Waals surface area contributed by atoms with Crippen LogP contribution in [0.2, 0.25) is 0 Å². The summed E-state index contributed by atoms with van der Waals surface area (Å²) >= 11 is 0. The van der Waals surface area contributed by atoms with E-state index in [4.69, 9.17) is 9.47 Å². The molecule has 35 heavy (non-hydrogen) atoms. The van der Waals surface area contributed by atoms with Crippen LogP contribution >= 0.6 is 0 Å². The minimum Gasteiger partial charge on any atom is -0.497 e. The molecule has 0 unspecified atom stereocenters. The van der Waals surface area contributed by atoms with Crippen molar-refractivity contribution in [3.05, 3.63) is 119 Å². The van der Waals surface area contributed by atoms with Gasteiger partial charge in [0.15, 0.2) is 14.7 Å². The molecule has 4 heteroatoms. The molecule has 0 N–H and O–H groups in total. The number of esters is 1. The van der Waals surface area contributed by atoms with E-state index in [0.29, 0.717) is 5.56 Å². The molecule has 0 saturated heterocycles. The Labute approximate surface area is 211 Å². The number of ether oxygens (including phenoxy) is 2. The van der Waals surface area contributed by atoms with Gasteiger partial charge in [0.1, 0.15) is 11.4 Å². The third kappa shape index (κ3) is 5.44.